The van der Waals surface area contributed by atoms with Crippen molar-refractivity contribution in [2.24, 2.45) is 0 Å². The van der Waals surface area contributed by atoms with Gasteiger partial charge in [-0.1, -0.05) is 6.07 Å². The summed E-state index contributed by atoms with van der Waals surface area (Å²) in [6, 6.07) is 3.63. The standard InChI is InChI=1S/C12H18O5S/c1-12(2)16-10(7(14)6-13)11(17-12)9(15)8-4-3-5-18-8/h3-5,7,9-11,13-15H,6H2,1-2H3/t7-,9+,10+,11-/m1/s1. The van der Waals surface area contributed by atoms with E-state index in [1.807, 2.05) is 11.4 Å². The van der Waals surface area contributed by atoms with Crippen LogP contribution in [0.15, 0.2) is 17.5 Å². The Morgan fingerprint density at radius 2 is 2.00 bits per heavy atom. The SMILES string of the molecule is CC1(C)O[C@@H]([C@H](O)CO)[C@@H]([C@@H](O)c2cccs2)O1. The van der Waals surface area contributed by atoms with Crippen molar-refractivity contribution in [3.05, 3.63) is 22.4 Å². The molecule has 5 nitrogen and oxygen atoms in total. The van der Waals surface area contributed by atoms with Crippen molar-refractivity contribution < 1.29 is 24.8 Å². The first-order chi connectivity index (χ1) is 8.44. The zero-order chi connectivity index (χ0) is 13.3. The molecule has 1 aromatic rings. The Morgan fingerprint density at radius 3 is 2.56 bits per heavy atom. The van der Waals surface area contributed by atoms with Crippen LogP contribution in [-0.4, -0.2) is 46.0 Å². The molecule has 0 spiro atoms. The molecule has 4 atom stereocenters. The average Bonchev–Trinajstić information content (AvgIpc) is 2.94. The Morgan fingerprint density at radius 1 is 1.33 bits per heavy atom. The third-order valence-corrected chi connectivity index (χ3v) is 3.82. The second kappa shape index (κ2) is 5.24. The van der Waals surface area contributed by atoms with Crippen molar-refractivity contribution in [2.45, 2.75) is 44.1 Å². The Balaban J connectivity index is 2.18. The monoisotopic (exact) mass is 274 g/mol. The molecule has 0 amide bonds. The van der Waals surface area contributed by atoms with Gasteiger partial charge in [-0.15, -0.1) is 11.3 Å². The molecule has 0 aliphatic carbocycles. The molecule has 2 heterocycles. The molecule has 0 radical (unpaired) electrons. The van der Waals surface area contributed by atoms with Crippen LogP contribution in [0.3, 0.4) is 0 Å². The van der Waals surface area contributed by atoms with Crippen LogP contribution in [0.4, 0.5) is 0 Å². The number of thiophene rings is 1. The first-order valence-corrected chi connectivity index (χ1v) is 6.68. The zero-order valence-electron chi connectivity index (χ0n) is 10.3. The number of hydrogen-bond acceptors (Lipinski definition) is 6. The van der Waals surface area contributed by atoms with Crippen molar-refractivity contribution in [3.63, 3.8) is 0 Å². The van der Waals surface area contributed by atoms with Gasteiger partial charge >= 0.3 is 0 Å². The van der Waals surface area contributed by atoms with E-state index in [0.717, 1.165) is 4.88 Å². The van der Waals surface area contributed by atoms with E-state index in [1.165, 1.54) is 11.3 Å². The minimum Gasteiger partial charge on any atom is -0.394 e. The minimum absolute atomic E-state index is 0.433. The summed E-state index contributed by atoms with van der Waals surface area (Å²) >= 11 is 1.41. The van der Waals surface area contributed by atoms with Crippen LogP contribution in [-0.2, 0) is 9.47 Å². The fourth-order valence-corrected chi connectivity index (χ4v) is 2.83. The lowest BCUT2D eigenvalue weighted by atomic mass is 10.0. The normalized spacial score (nSPS) is 30.3. The van der Waals surface area contributed by atoms with E-state index in [0.29, 0.717) is 0 Å². The van der Waals surface area contributed by atoms with Gasteiger partial charge in [-0.05, 0) is 25.3 Å². The predicted molar refractivity (Wildman–Crippen MR) is 66.2 cm³/mol. The van der Waals surface area contributed by atoms with Gasteiger partial charge in [0.25, 0.3) is 0 Å². The summed E-state index contributed by atoms with van der Waals surface area (Å²) in [5.74, 6) is -0.885. The highest BCUT2D eigenvalue weighted by molar-refractivity contribution is 7.10. The second-order valence-corrected chi connectivity index (χ2v) is 5.75. The predicted octanol–water partition coefficient (Wildman–Crippen LogP) is 0.655. The van der Waals surface area contributed by atoms with E-state index >= 15 is 0 Å². The van der Waals surface area contributed by atoms with Gasteiger partial charge in [0.1, 0.15) is 24.4 Å². The van der Waals surface area contributed by atoms with E-state index in [1.54, 1.807) is 19.9 Å². The topological polar surface area (TPSA) is 79.2 Å². The first-order valence-electron chi connectivity index (χ1n) is 5.80. The van der Waals surface area contributed by atoms with Crippen molar-refractivity contribution in [3.8, 4) is 0 Å². The maximum Gasteiger partial charge on any atom is 0.164 e. The molecule has 1 saturated heterocycles. The molecule has 1 aliphatic heterocycles. The lowest BCUT2D eigenvalue weighted by Gasteiger charge is -2.24. The molecule has 1 aliphatic rings. The molecule has 18 heavy (non-hydrogen) atoms. The zero-order valence-corrected chi connectivity index (χ0v) is 11.1. The summed E-state index contributed by atoms with van der Waals surface area (Å²) in [6.07, 6.45) is -3.40. The lowest BCUT2D eigenvalue weighted by Crippen LogP contribution is -2.40. The molecular weight excluding hydrogens is 256 g/mol. The van der Waals surface area contributed by atoms with Crippen molar-refractivity contribution in [1.82, 2.24) is 0 Å². The molecule has 0 unspecified atom stereocenters. The summed E-state index contributed by atoms with van der Waals surface area (Å²) in [4.78, 5) is 0.747. The largest absolute Gasteiger partial charge is 0.394 e. The van der Waals surface area contributed by atoms with Crippen LogP contribution >= 0.6 is 11.3 Å². The Kier molecular flexibility index (Phi) is 4.05. The average molecular weight is 274 g/mol. The third-order valence-electron chi connectivity index (χ3n) is 2.88. The van der Waals surface area contributed by atoms with Crippen LogP contribution in [0.1, 0.15) is 24.8 Å². The summed E-state index contributed by atoms with van der Waals surface area (Å²) in [6.45, 7) is 2.99. The highest BCUT2D eigenvalue weighted by Gasteiger charge is 2.48. The highest BCUT2D eigenvalue weighted by atomic mass is 32.1. The second-order valence-electron chi connectivity index (χ2n) is 4.77. The van der Waals surface area contributed by atoms with E-state index in [4.69, 9.17) is 14.6 Å². The first kappa shape index (κ1) is 13.9. The molecule has 1 aromatic heterocycles. The number of aliphatic hydroxyl groups is 3. The van der Waals surface area contributed by atoms with Crippen molar-refractivity contribution in [1.29, 1.82) is 0 Å². The summed E-state index contributed by atoms with van der Waals surface area (Å²) in [5.41, 5.74) is 0. The van der Waals surface area contributed by atoms with Gasteiger partial charge in [0.15, 0.2) is 5.79 Å². The fourth-order valence-electron chi connectivity index (χ4n) is 2.08. The van der Waals surface area contributed by atoms with Crippen LogP contribution in [0.25, 0.3) is 0 Å². The van der Waals surface area contributed by atoms with Gasteiger partial charge in [0, 0.05) is 4.88 Å². The van der Waals surface area contributed by atoms with Gasteiger partial charge in [-0.2, -0.15) is 0 Å². The maximum atomic E-state index is 10.3. The van der Waals surface area contributed by atoms with E-state index < -0.39 is 36.8 Å². The number of rotatable bonds is 4. The number of ether oxygens (including phenoxy) is 2. The molecular formula is C12H18O5S. The lowest BCUT2D eigenvalue weighted by molar-refractivity contribution is -0.162. The van der Waals surface area contributed by atoms with Gasteiger partial charge in [0.05, 0.1) is 6.61 Å². The van der Waals surface area contributed by atoms with Crippen LogP contribution < -0.4 is 0 Å². The van der Waals surface area contributed by atoms with E-state index in [-0.39, 0.29) is 0 Å². The summed E-state index contributed by atoms with van der Waals surface area (Å²) in [5, 5.41) is 30.9. The van der Waals surface area contributed by atoms with Crippen LogP contribution in [0.2, 0.25) is 0 Å². The van der Waals surface area contributed by atoms with E-state index in [9.17, 15) is 10.2 Å². The molecule has 0 saturated carbocycles. The van der Waals surface area contributed by atoms with Gasteiger partial charge in [0.2, 0.25) is 0 Å². The van der Waals surface area contributed by atoms with E-state index in [2.05, 4.69) is 0 Å². The Hall–Kier alpha value is -0.500. The molecule has 0 aromatic carbocycles. The van der Waals surface area contributed by atoms with Crippen LogP contribution in [0.5, 0.6) is 0 Å². The van der Waals surface area contributed by atoms with Gasteiger partial charge in [-0.3, -0.25) is 0 Å². The van der Waals surface area contributed by atoms with Crippen LogP contribution in [0, 0.1) is 0 Å². The molecule has 2 rings (SSSR count). The van der Waals surface area contributed by atoms with Crippen molar-refractivity contribution in [2.75, 3.05) is 6.61 Å². The number of hydrogen-bond donors (Lipinski definition) is 3. The molecule has 0 bridgehead atoms. The molecule has 3 N–H and O–H groups in total. The van der Waals surface area contributed by atoms with Gasteiger partial charge in [-0.25, -0.2) is 0 Å². The quantitative estimate of drug-likeness (QED) is 0.751. The van der Waals surface area contributed by atoms with Gasteiger partial charge < -0.3 is 24.8 Å². The van der Waals surface area contributed by atoms with Crippen molar-refractivity contribution >= 4 is 11.3 Å². The summed E-state index contributed by atoms with van der Waals surface area (Å²) < 4.78 is 11.2. The molecule has 6 heteroatoms. The smallest absolute Gasteiger partial charge is 0.164 e. The third kappa shape index (κ3) is 2.74. The fraction of sp³-hybridized carbons (Fsp3) is 0.667. The summed E-state index contributed by atoms with van der Waals surface area (Å²) in [7, 11) is 0. The molecule has 1 fully saturated rings. The molecule has 102 valence electrons. The highest BCUT2D eigenvalue weighted by Crippen LogP contribution is 2.37. The Labute approximate surface area is 110 Å². The maximum absolute atomic E-state index is 10.3. The number of aliphatic hydroxyl groups excluding tert-OH is 3. The Bertz CT molecular complexity index is 378. The minimum atomic E-state index is -1.08.